The molecule has 1 unspecified atom stereocenters. The van der Waals surface area contributed by atoms with Gasteiger partial charge in [-0.1, -0.05) is 12.1 Å². The Morgan fingerprint density at radius 3 is 2.20 bits per heavy atom. The minimum atomic E-state index is -1.16. The molecule has 5 nitrogen and oxygen atoms in total. The van der Waals surface area contributed by atoms with Crippen molar-refractivity contribution in [2.75, 3.05) is 11.5 Å². The first-order valence-electron chi connectivity index (χ1n) is 6.03. The number of non-ortho nitro benzene ring substituents is 1. The van der Waals surface area contributed by atoms with Crippen LogP contribution in [-0.2, 0) is 17.2 Å². The van der Waals surface area contributed by atoms with E-state index in [1.165, 1.54) is 24.3 Å². The summed E-state index contributed by atoms with van der Waals surface area (Å²) < 4.78 is 12.1. The molecule has 0 bridgehead atoms. The summed E-state index contributed by atoms with van der Waals surface area (Å²) in [6.45, 7) is 0. The lowest BCUT2D eigenvalue weighted by Crippen LogP contribution is -2.02. The quantitative estimate of drug-likeness (QED) is 0.521. The standard InChI is InChI=1S/C14H14N2O3S/c15-12-3-1-11(2-4-12)9-10-20(19)14-7-5-13(6-8-14)16(17)18/h1-8H,9-10,15H2. The number of nitrogens with two attached hydrogens (primary N) is 1. The molecule has 2 aromatic rings. The van der Waals surface area contributed by atoms with Crippen molar-refractivity contribution in [3.63, 3.8) is 0 Å². The van der Waals surface area contributed by atoms with E-state index in [0.29, 0.717) is 22.8 Å². The molecule has 0 aliphatic heterocycles. The van der Waals surface area contributed by atoms with Crippen LogP contribution in [0.1, 0.15) is 5.56 Å². The fourth-order valence-electron chi connectivity index (χ4n) is 1.73. The minimum Gasteiger partial charge on any atom is -0.399 e. The van der Waals surface area contributed by atoms with Crippen molar-refractivity contribution in [1.82, 2.24) is 0 Å². The van der Waals surface area contributed by atoms with Gasteiger partial charge in [-0.3, -0.25) is 14.3 Å². The van der Waals surface area contributed by atoms with Gasteiger partial charge in [-0.15, -0.1) is 0 Å². The maximum absolute atomic E-state index is 12.1. The molecule has 0 saturated carbocycles. The molecule has 104 valence electrons. The van der Waals surface area contributed by atoms with Gasteiger partial charge in [0, 0.05) is 28.5 Å². The third-order valence-corrected chi connectivity index (χ3v) is 4.24. The van der Waals surface area contributed by atoms with Crippen molar-refractivity contribution in [3.05, 3.63) is 64.2 Å². The van der Waals surface area contributed by atoms with Crippen LogP contribution in [0.25, 0.3) is 0 Å². The van der Waals surface area contributed by atoms with E-state index < -0.39 is 15.7 Å². The summed E-state index contributed by atoms with van der Waals surface area (Å²) >= 11 is 0. The zero-order valence-electron chi connectivity index (χ0n) is 10.7. The highest BCUT2D eigenvalue weighted by molar-refractivity contribution is 7.85. The molecule has 0 fully saturated rings. The van der Waals surface area contributed by atoms with E-state index in [0.717, 1.165) is 5.56 Å². The van der Waals surface area contributed by atoms with Crippen molar-refractivity contribution in [2.24, 2.45) is 0 Å². The maximum Gasteiger partial charge on any atom is 0.269 e. The Morgan fingerprint density at radius 1 is 1.05 bits per heavy atom. The van der Waals surface area contributed by atoms with Gasteiger partial charge in [0.2, 0.25) is 0 Å². The lowest BCUT2D eigenvalue weighted by Gasteiger charge is -2.03. The summed E-state index contributed by atoms with van der Waals surface area (Å²) in [5.74, 6) is 0.474. The Hall–Kier alpha value is -2.21. The highest BCUT2D eigenvalue weighted by Gasteiger charge is 2.08. The molecule has 0 aromatic heterocycles. The van der Waals surface area contributed by atoms with Crippen molar-refractivity contribution >= 4 is 22.2 Å². The number of nitrogen functional groups attached to an aromatic ring is 1. The van der Waals surface area contributed by atoms with E-state index in [1.54, 1.807) is 0 Å². The predicted octanol–water partition coefficient (Wildman–Crippen LogP) is 2.53. The average Bonchev–Trinajstić information content (AvgIpc) is 2.46. The largest absolute Gasteiger partial charge is 0.399 e. The number of hydrogen-bond acceptors (Lipinski definition) is 4. The van der Waals surface area contributed by atoms with Crippen LogP contribution in [0.2, 0.25) is 0 Å². The number of anilines is 1. The number of rotatable bonds is 5. The Labute approximate surface area is 119 Å². The van der Waals surface area contributed by atoms with Crippen molar-refractivity contribution in [1.29, 1.82) is 0 Å². The third kappa shape index (κ3) is 3.64. The second kappa shape index (κ2) is 6.29. The van der Waals surface area contributed by atoms with Gasteiger partial charge in [-0.25, -0.2) is 0 Å². The summed E-state index contributed by atoms with van der Waals surface area (Å²) in [6, 6.07) is 13.3. The molecule has 0 saturated heterocycles. The molecular weight excluding hydrogens is 276 g/mol. The predicted molar refractivity (Wildman–Crippen MR) is 78.9 cm³/mol. The summed E-state index contributed by atoms with van der Waals surface area (Å²) in [7, 11) is -1.16. The first-order chi connectivity index (χ1) is 9.56. The van der Waals surface area contributed by atoms with Crippen LogP contribution in [0.3, 0.4) is 0 Å². The van der Waals surface area contributed by atoms with E-state index in [4.69, 9.17) is 5.73 Å². The van der Waals surface area contributed by atoms with Crippen molar-refractivity contribution < 1.29 is 9.13 Å². The van der Waals surface area contributed by atoms with Gasteiger partial charge >= 0.3 is 0 Å². The van der Waals surface area contributed by atoms with Gasteiger partial charge in [0.1, 0.15) is 0 Å². The van der Waals surface area contributed by atoms with Gasteiger partial charge < -0.3 is 5.73 Å². The first-order valence-corrected chi connectivity index (χ1v) is 7.35. The Balaban J connectivity index is 1.97. The SMILES string of the molecule is Nc1ccc(CCS(=O)c2ccc([N+](=O)[O-])cc2)cc1. The molecule has 0 aliphatic carbocycles. The molecule has 20 heavy (non-hydrogen) atoms. The highest BCUT2D eigenvalue weighted by atomic mass is 32.2. The lowest BCUT2D eigenvalue weighted by atomic mass is 10.2. The zero-order chi connectivity index (χ0) is 14.5. The number of benzene rings is 2. The van der Waals surface area contributed by atoms with Crippen LogP contribution in [0.4, 0.5) is 11.4 Å². The summed E-state index contributed by atoms with van der Waals surface area (Å²) in [5, 5.41) is 10.5. The number of nitro groups is 1. The lowest BCUT2D eigenvalue weighted by molar-refractivity contribution is -0.384. The molecule has 0 aliphatic rings. The first kappa shape index (κ1) is 14.2. The van der Waals surface area contributed by atoms with Crippen LogP contribution in [0.15, 0.2) is 53.4 Å². The Bertz CT molecular complexity index is 624. The van der Waals surface area contributed by atoms with Crippen LogP contribution < -0.4 is 5.73 Å². The second-order valence-corrected chi connectivity index (χ2v) is 5.86. The van der Waals surface area contributed by atoms with Gasteiger partial charge in [0.25, 0.3) is 5.69 Å². The van der Waals surface area contributed by atoms with Crippen LogP contribution in [0, 0.1) is 10.1 Å². The number of aryl methyl sites for hydroxylation is 1. The smallest absolute Gasteiger partial charge is 0.269 e. The van der Waals surface area contributed by atoms with Crippen LogP contribution in [-0.4, -0.2) is 14.9 Å². The van der Waals surface area contributed by atoms with Gasteiger partial charge in [-0.05, 0) is 36.2 Å². The summed E-state index contributed by atoms with van der Waals surface area (Å²) in [5.41, 5.74) is 7.36. The molecule has 0 spiro atoms. The fraction of sp³-hybridized carbons (Fsp3) is 0.143. The van der Waals surface area contributed by atoms with Gasteiger partial charge in [0.15, 0.2) is 0 Å². The van der Waals surface area contributed by atoms with Crippen molar-refractivity contribution in [2.45, 2.75) is 11.3 Å². The van der Waals surface area contributed by atoms with Crippen LogP contribution in [0.5, 0.6) is 0 Å². The molecule has 2 rings (SSSR count). The number of nitrogens with zero attached hydrogens (tertiary/aromatic N) is 1. The van der Waals surface area contributed by atoms with E-state index >= 15 is 0 Å². The van der Waals surface area contributed by atoms with E-state index in [1.807, 2.05) is 24.3 Å². The van der Waals surface area contributed by atoms with E-state index in [2.05, 4.69) is 0 Å². The summed E-state index contributed by atoms with van der Waals surface area (Å²) in [4.78, 5) is 10.7. The fourth-order valence-corrected chi connectivity index (χ4v) is 2.83. The highest BCUT2D eigenvalue weighted by Crippen LogP contribution is 2.15. The van der Waals surface area contributed by atoms with Crippen molar-refractivity contribution in [3.8, 4) is 0 Å². The number of hydrogen-bond donors (Lipinski definition) is 1. The maximum atomic E-state index is 12.1. The molecule has 0 heterocycles. The normalized spacial score (nSPS) is 12.0. The third-order valence-electron chi connectivity index (χ3n) is 2.87. The zero-order valence-corrected chi connectivity index (χ0v) is 11.5. The average molecular weight is 290 g/mol. The Kier molecular flexibility index (Phi) is 4.47. The molecular formula is C14H14N2O3S. The van der Waals surface area contributed by atoms with Gasteiger partial charge in [0.05, 0.1) is 15.7 Å². The second-order valence-electron chi connectivity index (χ2n) is 4.29. The van der Waals surface area contributed by atoms with E-state index in [9.17, 15) is 14.3 Å². The van der Waals surface area contributed by atoms with Crippen LogP contribution >= 0.6 is 0 Å². The summed E-state index contributed by atoms with van der Waals surface area (Å²) in [6.07, 6.45) is 0.671. The molecule has 1 atom stereocenters. The Morgan fingerprint density at radius 2 is 1.65 bits per heavy atom. The molecule has 0 amide bonds. The minimum absolute atomic E-state index is 0.00397. The molecule has 6 heteroatoms. The number of nitro benzene ring substituents is 1. The molecule has 0 radical (unpaired) electrons. The molecule has 2 aromatic carbocycles. The van der Waals surface area contributed by atoms with E-state index in [-0.39, 0.29) is 5.69 Å². The molecule has 2 N–H and O–H groups in total. The van der Waals surface area contributed by atoms with Gasteiger partial charge in [-0.2, -0.15) is 0 Å². The topological polar surface area (TPSA) is 86.2 Å². The monoisotopic (exact) mass is 290 g/mol.